The summed E-state index contributed by atoms with van der Waals surface area (Å²) in [6.45, 7) is 3.06. The number of amides is 1. The average Bonchev–Trinajstić information content (AvgIpc) is 2.80. The molecule has 1 heterocycles. The van der Waals surface area contributed by atoms with Crippen LogP contribution < -0.4 is 5.32 Å². The topological polar surface area (TPSA) is 91.6 Å². The van der Waals surface area contributed by atoms with Crippen molar-refractivity contribution in [3.05, 3.63) is 29.3 Å². The molecule has 0 spiro atoms. The van der Waals surface area contributed by atoms with Crippen LogP contribution in [-0.2, 0) is 20.4 Å². The summed E-state index contributed by atoms with van der Waals surface area (Å²) in [6.07, 6.45) is 2.96. The van der Waals surface area contributed by atoms with E-state index < -0.39 is 28.8 Å². The Morgan fingerprint density at radius 1 is 1.24 bits per heavy atom. The quantitative estimate of drug-likeness (QED) is 0.391. The van der Waals surface area contributed by atoms with E-state index in [1.54, 1.807) is 6.92 Å². The van der Waals surface area contributed by atoms with Crippen molar-refractivity contribution in [3.63, 3.8) is 0 Å². The number of aliphatic hydroxyl groups is 1. The molecule has 184 valence electrons. The lowest BCUT2D eigenvalue weighted by Crippen LogP contribution is -2.42. The molecule has 6 nitrogen and oxygen atoms in total. The van der Waals surface area contributed by atoms with Crippen LogP contribution in [0.5, 0.6) is 0 Å². The van der Waals surface area contributed by atoms with Crippen molar-refractivity contribution in [2.75, 3.05) is 18.5 Å². The van der Waals surface area contributed by atoms with Crippen LogP contribution in [0.15, 0.2) is 18.2 Å². The number of nitrogens with zero attached hydrogens (tertiary/aromatic N) is 1. The molecule has 1 fully saturated rings. The Hall–Kier alpha value is -2.15. The lowest BCUT2D eigenvalue weighted by atomic mass is 9.91. The van der Waals surface area contributed by atoms with Gasteiger partial charge < -0.3 is 19.9 Å². The number of benzene rings is 1. The van der Waals surface area contributed by atoms with E-state index in [1.165, 1.54) is 12.1 Å². The second kappa shape index (κ2) is 12.9. The third kappa shape index (κ3) is 8.61. The van der Waals surface area contributed by atoms with Gasteiger partial charge in [-0.3, -0.25) is 4.79 Å². The number of unbranched alkanes of at least 4 members (excludes halogenated alkanes) is 4. The number of hydrogen-bond acceptors (Lipinski definition) is 5. The van der Waals surface area contributed by atoms with Crippen molar-refractivity contribution in [2.24, 2.45) is 0 Å². The number of carbonyl (C=O) groups is 1. The SMILES string of the molecule is CCC(O)(CCCCCCCOC1CCCCO1)C(=O)Nc1ccc(C#N)c(C(F)(F)F)c1. The molecule has 1 aliphatic rings. The highest BCUT2D eigenvalue weighted by Gasteiger charge is 2.36. The molecular weight excluding hydrogens is 437 g/mol. The van der Waals surface area contributed by atoms with Crippen molar-refractivity contribution >= 4 is 11.6 Å². The van der Waals surface area contributed by atoms with E-state index in [-0.39, 0.29) is 24.8 Å². The van der Waals surface area contributed by atoms with Crippen LogP contribution in [-0.4, -0.2) is 36.1 Å². The molecule has 33 heavy (non-hydrogen) atoms. The molecule has 1 aromatic rings. The van der Waals surface area contributed by atoms with E-state index in [1.807, 2.05) is 0 Å². The maximum Gasteiger partial charge on any atom is 0.417 e. The molecule has 1 aromatic carbocycles. The predicted octanol–water partition coefficient (Wildman–Crippen LogP) is 5.54. The molecule has 0 saturated carbocycles. The number of anilines is 1. The summed E-state index contributed by atoms with van der Waals surface area (Å²) >= 11 is 0. The highest BCUT2D eigenvalue weighted by atomic mass is 19.4. The van der Waals surface area contributed by atoms with E-state index in [4.69, 9.17) is 14.7 Å². The largest absolute Gasteiger partial charge is 0.417 e. The second-order valence-electron chi connectivity index (χ2n) is 8.39. The third-order valence-electron chi connectivity index (χ3n) is 5.89. The van der Waals surface area contributed by atoms with Crippen LogP contribution >= 0.6 is 0 Å². The first kappa shape index (κ1) is 27.1. The number of halogens is 3. The lowest BCUT2D eigenvalue weighted by Gasteiger charge is -2.26. The molecule has 0 aromatic heterocycles. The van der Waals surface area contributed by atoms with Gasteiger partial charge in [0, 0.05) is 18.9 Å². The van der Waals surface area contributed by atoms with Gasteiger partial charge in [-0.25, -0.2) is 0 Å². The zero-order valence-electron chi connectivity index (χ0n) is 19.0. The zero-order chi connectivity index (χ0) is 24.3. The fraction of sp³-hybridized carbons (Fsp3) is 0.667. The van der Waals surface area contributed by atoms with Crippen molar-refractivity contribution < 1.29 is 32.5 Å². The van der Waals surface area contributed by atoms with Crippen molar-refractivity contribution in [3.8, 4) is 6.07 Å². The van der Waals surface area contributed by atoms with E-state index in [9.17, 15) is 23.1 Å². The fourth-order valence-corrected chi connectivity index (χ4v) is 3.76. The Morgan fingerprint density at radius 3 is 2.61 bits per heavy atom. The maximum absolute atomic E-state index is 13.1. The highest BCUT2D eigenvalue weighted by molar-refractivity contribution is 5.97. The molecule has 0 radical (unpaired) electrons. The van der Waals surface area contributed by atoms with Gasteiger partial charge in [0.1, 0.15) is 5.60 Å². The second-order valence-corrected chi connectivity index (χ2v) is 8.39. The normalized spacial score (nSPS) is 18.4. The van der Waals surface area contributed by atoms with Gasteiger partial charge in [-0.15, -0.1) is 0 Å². The summed E-state index contributed by atoms with van der Waals surface area (Å²) in [6, 6.07) is 4.44. The highest BCUT2D eigenvalue weighted by Crippen LogP contribution is 2.34. The van der Waals surface area contributed by atoms with Gasteiger partial charge in [0.2, 0.25) is 0 Å². The monoisotopic (exact) mass is 470 g/mol. The minimum absolute atomic E-state index is 0.0832. The van der Waals surface area contributed by atoms with Gasteiger partial charge in [0.05, 0.1) is 17.2 Å². The number of alkyl halides is 3. The molecule has 1 saturated heterocycles. The summed E-state index contributed by atoms with van der Waals surface area (Å²) in [7, 11) is 0. The number of nitrogens with one attached hydrogen (secondary N) is 1. The number of nitriles is 1. The first-order valence-electron chi connectivity index (χ1n) is 11.6. The summed E-state index contributed by atoms with van der Waals surface area (Å²) in [5.74, 6) is -0.747. The van der Waals surface area contributed by atoms with Gasteiger partial charge in [0.25, 0.3) is 5.91 Å². The smallest absolute Gasteiger partial charge is 0.380 e. The van der Waals surface area contributed by atoms with Crippen LogP contribution in [0, 0.1) is 11.3 Å². The van der Waals surface area contributed by atoms with E-state index in [0.29, 0.717) is 19.1 Å². The van der Waals surface area contributed by atoms with Gasteiger partial charge in [-0.05, 0) is 56.7 Å². The van der Waals surface area contributed by atoms with Crippen LogP contribution in [0.2, 0.25) is 0 Å². The van der Waals surface area contributed by atoms with Gasteiger partial charge in [-0.2, -0.15) is 18.4 Å². The minimum Gasteiger partial charge on any atom is -0.380 e. The first-order chi connectivity index (χ1) is 15.7. The molecule has 2 rings (SSSR count). The number of hydrogen-bond donors (Lipinski definition) is 2. The van der Waals surface area contributed by atoms with Crippen LogP contribution in [0.1, 0.15) is 82.3 Å². The predicted molar refractivity (Wildman–Crippen MR) is 117 cm³/mol. The molecule has 0 bridgehead atoms. The fourth-order valence-electron chi connectivity index (χ4n) is 3.76. The average molecular weight is 471 g/mol. The Labute approximate surface area is 193 Å². The summed E-state index contributed by atoms with van der Waals surface area (Å²) in [5, 5.41) is 22.0. The Balaban J connectivity index is 1.75. The number of carbonyl (C=O) groups excluding carboxylic acids is 1. The molecule has 9 heteroatoms. The van der Waals surface area contributed by atoms with Gasteiger partial charge >= 0.3 is 6.18 Å². The number of ether oxygens (including phenoxy) is 2. The van der Waals surface area contributed by atoms with Crippen molar-refractivity contribution in [2.45, 2.75) is 89.2 Å². The van der Waals surface area contributed by atoms with Crippen LogP contribution in [0.4, 0.5) is 18.9 Å². The van der Waals surface area contributed by atoms with E-state index >= 15 is 0 Å². The molecule has 2 atom stereocenters. The minimum atomic E-state index is -4.72. The van der Waals surface area contributed by atoms with Gasteiger partial charge in [0.15, 0.2) is 6.29 Å². The Bertz CT molecular complexity index is 804. The molecule has 1 amide bonds. The summed E-state index contributed by atoms with van der Waals surface area (Å²) in [4.78, 5) is 12.6. The molecular formula is C24H33F3N2O4. The molecule has 2 unspecified atom stereocenters. The molecule has 0 aliphatic carbocycles. The van der Waals surface area contributed by atoms with Crippen molar-refractivity contribution in [1.29, 1.82) is 5.26 Å². The van der Waals surface area contributed by atoms with Crippen LogP contribution in [0.3, 0.4) is 0 Å². The standard InChI is InChI=1S/C24H33F3N2O4/c1-2-23(31,13-7-4-3-5-8-14-32-21-10-6-9-15-33-21)22(30)29-19-12-11-18(17-28)20(16-19)24(25,26)27/h11-12,16,21,31H,2-10,13-15H2,1H3,(H,29,30). The van der Waals surface area contributed by atoms with Crippen LogP contribution in [0.25, 0.3) is 0 Å². The van der Waals surface area contributed by atoms with E-state index in [2.05, 4.69) is 5.32 Å². The summed E-state index contributed by atoms with van der Waals surface area (Å²) in [5.41, 5.74) is -3.43. The van der Waals surface area contributed by atoms with Crippen molar-refractivity contribution in [1.82, 2.24) is 0 Å². The lowest BCUT2D eigenvalue weighted by molar-refractivity contribution is -0.162. The van der Waals surface area contributed by atoms with E-state index in [0.717, 1.165) is 57.6 Å². The zero-order valence-corrected chi connectivity index (χ0v) is 19.0. The Morgan fingerprint density at radius 2 is 1.97 bits per heavy atom. The molecule has 2 N–H and O–H groups in total. The van der Waals surface area contributed by atoms with Gasteiger partial charge in [-0.1, -0.05) is 32.6 Å². The maximum atomic E-state index is 13.1. The third-order valence-corrected chi connectivity index (χ3v) is 5.89. The molecule has 1 aliphatic heterocycles. The first-order valence-corrected chi connectivity index (χ1v) is 11.6. The number of rotatable bonds is 12. The summed E-state index contributed by atoms with van der Waals surface area (Å²) < 4.78 is 50.6. The Kier molecular flexibility index (Phi) is 10.6.